The van der Waals surface area contributed by atoms with E-state index in [1.165, 1.54) is 6.20 Å². The lowest BCUT2D eigenvalue weighted by Crippen LogP contribution is -2.15. The highest BCUT2D eigenvalue weighted by atomic mass is 16.3. The van der Waals surface area contributed by atoms with Gasteiger partial charge in [0.25, 0.3) is 5.91 Å². The van der Waals surface area contributed by atoms with Crippen LogP contribution in [0.15, 0.2) is 66.4 Å². The minimum absolute atomic E-state index is 0.0922. The number of nitrogens with one attached hydrogen (secondary N) is 2. The van der Waals surface area contributed by atoms with Crippen LogP contribution in [0.25, 0.3) is 10.8 Å². The lowest BCUT2D eigenvalue weighted by molar-refractivity contribution is -0.112. The molecule has 6 heteroatoms. The summed E-state index contributed by atoms with van der Waals surface area (Å²) in [6.07, 6.45) is 1.32. The first-order valence-electron chi connectivity index (χ1n) is 7.91. The maximum atomic E-state index is 12.4. The van der Waals surface area contributed by atoms with Gasteiger partial charge >= 0.3 is 0 Å². The molecule has 0 spiro atoms. The number of rotatable bonds is 4. The van der Waals surface area contributed by atoms with Crippen molar-refractivity contribution in [1.29, 1.82) is 5.26 Å². The number of benzene rings is 2. The third-order valence-corrected chi connectivity index (χ3v) is 3.77. The van der Waals surface area contributed by atoms with Crippen LogP contribution in [-0.2, 0) is 4.79 Å². The van der Waals surface area contributed by atoms with Crippen molar-refractivity contribution in [1.82, 2.24) is 4.98 Å². The van der Waals surface area contributed by atoms with Crippen molar-refractivity contribution < 1.29 is 9.90 Å². The van der Waals surface area contributed by atoms with Crippen LogP contribution in [0, 0.1) is 18.3 Å². The summed E-state index contributed by atoms with van der Waals surface area (Å²) in [7, 11) is 0. The van der Waals surface area contributed by atoms with E-state index in [0.717, 1.165) is 5.69 Å². The first kappa shape index (κ1) is 17.0. The molecule has 0 bridgehead atoms. The van der Waals surface area contributed by atoms with E-state index >= 15 is 0 Å². The SMILES string of the molecule is Cc1cccc(N/C=C(/C#N)C(=O)Nc2cccc3c(O)cccc23)n1. The molecule has 1 heterocycles. The lowest BCUT2D eigenvalue weighted by Gasteiger charge is -2.09. The second-order valence-electron chi connectivity index (χ2n) is 5.61. The first-order chi connectivity index (χ1) is 12.6. The number of phenols is 1. The van der Waals surface area contributed by atoms with Crippen molar-refractivity contribution in [3.8, 4) is 11.8 Å². The Morgan fingerprint density at radius 1 is 1.12 bits per heavy atom. The summed E-state index contributed by atoms with van der Waals surface area (Å²) in [4.78, 5) is 16.7. The number of carbonyl (C=O) groups excluding carboxylic acids is 1. The molecule has 6 nitrogen and oxygen atoms in total. The number of carbonyl (C=O) groups is 1. The minimum Gasteiger partial charge on any atom is -0.507 e. The predicted octanol–water partition coefficient (Wildman–Crippen LogP) is 3.71. The van der Waals surface area contributed by atoms with Crippen LogP contribution in [-0.4, -0.2) is 16.0 Å². The predicted molar refractivity (Wildman–Crippen MR) is 101 cm³/mol. The second kappa shape index (κ2) is 7.36. The first-order valence-corrected chi connectivity index (χ1v) is 7.91. The Labute approximate surface area is 150 Å². The molecule has 0 aliphatic rings. The number of anilines is 2. The summed E-state index contributed by atoms with van der Waals surface area (Å²) < 4.78 is 0. The Bertz CT molecular complexity index is 1050. The van der Waals surface area contributed by atoms with Crippen LogP contribution in [0.2, 0.25) is 0 Å². The fourth-order valence-electron chi connectivity index (χ4n) is 2.51. The third-order valence-electron chi connectivity index (χ3n) is 3.77. The van der Waals surface area contributed by atoms with Crippen molar-refractivity contribution in [2.45, 2.75) is 6.92 Å². The lowest BCUT2D eigenvalue weighted by atomic mass is 10.1. The monoisotopic (exact) mass is 344 g/mol. The summed E-state index contributed by atoms with van der Waals surface area (Å²) in [5.41, 5.74) is 1.24. The molecule has 0 radical (unpaired) electrons. The molecule has 128 valence electrons. The molecule has 3 N–H and O–H groups in total. The van der Waals surface area contributed by atoms with E-state index < -0.39 is 5.91 Å². The van der Waals surface area contributed by atoms with Crippen LogP contribution in [0.4, 0.5) is 11.5 Å². The number of amides is 1. The maximum Gasteiger partial charge on any atom is 0.267 e. The number of nitriles is 1. The van der Waals surface area contributed by atoms with Gasteiger partial charge in [0, 0.05) is 28.4 Å². The van der Waals surface area contributed by atoms with Crippen LogP contribution in [0.5, 0.6) is 5.75 Å². The average Bonchev–Trinajstić information content (AvgIpc) is 2.63. The molecule has 26 heavy (non-hydrogen) atoms. The van der Waals surface area contributed by atoms with Crippen LogP contribution in [0.1, 0.15) is 5.69 Å². The van der Waals surface area contributed by atoms with E-state index in [4.69, 9.17) is 0 Å². The molecule has 0 fully saturated rings. The van der Waals surface area contributed by atoms with Gasteiger partial charge in [-0.05, 0) is 31.2 Å². The van der Waals surface area contributed by atoms with Gasteiger partial charge in [-0.2, -0.15) is 5.26 Å². The topological polar surface area (TPSA) is 98.0 Å². The highest BCUT2D eigenvalue weighted by molar-refractivity contribution is 6.11. The number of hydrogen-bond acceptors (Lipinski definition) is 5. The van der Waals surface area contributed by atoms with E-state index in [9.17, 15) is 15.2 Å². The van der Waals surface area contributed by atoms with E-state index in [0.29, 0.717) is 22.3 Å². The Morgan fingerprint density at radius 2 is 1.85 bits per heavy atom. The van der Waals surface area contributed by atoms with E-state index in [1.807, 2.05) is 25.1 Å². The number of fused-ring (bicyclic) bond motifs is 1. The normalized spacial score (nSPS) is 11.0. The van der Waals surface area contributed by atoms with Crippen LogP contribution < -0.4 is 10.6 Å². The fraction of sp³-hybridized carbons (Fsp3) is 0.0500. The van der Waals surface area contributed by atoms with E-state index in [1.54, 1.807) is 42.5 Å². The number of aromatic hydroxyl groups is 1. The third kappa shape index (κ3) is 3.62. The van der Waals surface area contributed by atoms with Gasteiger partial charge in [-0.3, -0.25) is 4.79 Å². The molecular formula is C20H16N4O2. The number of aryl methyl sites for hydroxylation is 1. The van der Waals surface area contributed by atoms with Gasteiger partial charge in [0.1, 0.15) is 23.2 Å². The number of pyridine rings is 1. The summed E-state index contributed by atoms with van der Waals surface area (Å²) >= 11 is 0. The van der Waals surface area contributed by atoms with Gasteiger partial charge in [0.05, 0.1) is 0 Å². The largest absolute Gasteiger partial charge is 0.507 e. The van der Waals surface area contributed by atoms with Gasteiger partial charge in [-0.25, -0.2) is 4.98 Å². The molecule has 0 saturated heterocycles. The van der Waals surface area contributed by atoms with Gasteiger partial charge in [-0.15, -0.1) is 0 Å². The van der Waals surface area contributed by atoms with Crippen molar-refractivity contribution in [2.75, 3.05) is 10.6 Å². The molecule has 2 aromatic carbocycles. The molecule has 0 atom stereocenters. The number of aromatic nitrogens is 1. The molecule has 1 aromatic heterocycles. The smallest absolute Gasteiger partial charge is 0.267 e. The zero-order valence-corrected chi connectivity index (χ0v) is 14.0. The number of phenolic OH excluding ortho intramolecular Hbond substituents is 1. The summed E-state index contributed by atoms with van der Waals surface area (Å²) in [5.74, 6) is 0.117. The zero-order chi connectivity index (χ0) is 18.5. The number of hydrogen-bond donors (Lipinski definition) is 3. The Kier molecular flexibility index (Phi) is 4.81. The summed E-state index contributed by atoms with van der Waals surface area (Å²) in [6, 6.07) is 17.5. The summed E-state index contributed by atoms with van der Waals surface area (Å²) in [5, 5.41) is 26.1. The van der Waals surface area contributed by atoms with Gasteiger partial charge in [0.15, 0.2) is 0 Å². The van der Waals surface area contributed by atoms with Crippen molar-refractivity contribution in [3.05, 3.63) is 72.1 Å². The molecule has 3 aromatic rings. The molecule has 3 rings (SSSR count). The zero-order valence-electron chi connectivity index (χ0n) is 14.0. The highest BCUT2D eigenvalue weighted by Gasteiger charge is 2.12. The van der Waals surface area contributed by atoms with Gasteiger partial charge < -0.3 is 15.7 Å². The molecule has 0 saturated carbocycles. The molecular weight excluding hydrogens is 328 g/mol. The van der Waals surface area contributed by atoms with Crippen molar-refractivity contribution >= 4 is 28.2 Å². The highest BCUT2D eigenvalue weighted by Crippen LogP contribution is 2.29. The maximum absolute atomic E-state index is 12.4. The van der Waals surface area contributed by atoms with Gasteiger partial charge in [-0.1, -0.05) is 30.3 Å². The molecule has 1 amide bonds. The Hall–Kier alpha value is -3.85. The number of nitrogens with zero attached hydrogens (tertiary/aromatic N) is 2. The second-order valence-corrected chi connectivity index (χ2v) is 5.61. The Balaban J connectivity index is 1.83. The van der Waals surface area contributed by atoms with Gasteiger partial charge in [0.2, 0.25) is 0 Å². The molecule has 0 aliphatic heterocycles. The minimum atomic E-state index is -0.552. The van der Waals surface area contributed by atoms with Crippen molar-refractivity contribution in [2.24, 2.45) is 0 Å². The van der Waals surface area contributed by atoms with E-state index in [-0.39, 0.29) is 11.3 Å². The summed E-state index contributed by atoms with van der Waals surface area (Å²) in [6.45, 7) is 1.85. The molecule has 0 unspecified atom stereocenters. The van der Waals surface area contributed by atoms with Crippen LogP contribution >= 0.6 is 0 Å². The standard InChI is InChI=1S/C20H16N4O2/c1-13-5-2-10-19(23-13)22-12-14(11-21)20(26)24-17-8-3-7-16-15(17)6-4-9-18(16)25/h2-10,12,25H,1H3,(H,22,23)(H,24,26)/b14-12-. The average molecular weight is 344 g/mol. The van der Waals surface area contributed by atoms with E-state index in [2.05, 4.69) is 15.6 Å². The van der Waals surface area contributed by atoms with Crippen LogP contribution in [0.3, 0.4) is 0 Å². The van der Waals surface area contributed by atoms with Crippen molar-refractivity contribution in [3.63, 3.8) is 0 Å². The molecule has 0 aliphatic carbocycles. The quantitative estimate of drug-likeness (QED) is 0.495. The fourth-order valence-corrected chi connectivity index (χ4v) is 2.51. The Morgan fingerprint density at radius 3 is 2.62 bits per heavy atom.